The number of para-hydroxylation sites is 1. The van der Waals surface area contributed by atoms with Gasteiger partial charge in [-0.25, -0.2) is 0 Å². The first kappa shape index (κ1) is 22.7. The van der Waals surface area contributed by atoms with Crippen LogP contribution in [0.5, 0.6) is 5.75 Å². The fourth-order valence-corrected chi connectivity index (χ4v) is 4.13. The van der Waals surface area contributed by atoms with E-state index < -0.39 is 6.23 Å². The number of benzene rings is 3. The lowest BCUT2D eigenvalue weighted by Gasteiger charge is -2.20. The molecule has 1 atom stereocenters. The summed E-state index contributed by atoms with van der Waals surface area (Å²) in [5.74, 6) is 0.384. The molecule has 7 nitrogen and oxygen atoms in total. The number of carbonyl (C=O) groups excluding carboxylic acids is 2. The van der Waals surface area contributed by atoms with E-state index in [4.69, 9.17) is 19.6 Å². The summed E-state index contributed by atoms with van der Waals surface area (Å²) in [7, 11) is 0. The SMILES string of the molecule is NCc1cccc(-c2cc(COc3ccccc3[C@H](NC(=O)C3CC3)OC=O)cc3ccoc23)c1. The molecule has 0 radical (unpaired) electrons. The summed E-state index contributed by atoms with van der Waals surface area (Å²) in [5, 5.41) is 3.77. The molecular weight excluding hydrogens is 444 g/mol. The van der Waals surface area contributed by atoms with Crippen LogP contribution in [0.25, 0.3) is 22.1 Å². The maximum Gasteiger partial charge on any atom is 0.295 e. The third-order valence-corrected chi connectivity index (χ3v) is 6.09. The van der Waals surface area contributed by atoms with E-state index in [-0.39, 0.29) is 18.4 Å². The molecule has 1 fully saturated rings. The van der Waals surface area contributed by atoms with Gasteiger partial charge < -0.3 is 24.9 Å². The minimum atomic E-state index is -0.914. The van der Waals surface area contributed by atoms with E-state index in [1.165, 1.54) is 0 Å². The molecule has 1 aliphatic carbocycles. The average Bonchev–Trinajstić information content (AvgIpc) is 3.64. The Balaban J connectivity index is 1.42. The highest BCUT2D eigenvalue weighted by atomic mass is 16.5. The Bertz CT molecular complexity index is 1360. The number of furan rings is 1. The van der Waals surface area contributed by atoms with Crippen LogP contribution < -0.4 is 15.8 Å². The standard InChI is InChI=1S/C28H26N2O5/c29-15-18-4-3-5-21(12-18)24-14-19(13-22-10-11-33-26(22)24)16-34-25-7-2-1-6-23(25)28(35-17-31)30-27(32)20-8-9-20/h1-7,10-14,17,20,28H,8-9,15-16,29H2,(H,30,32)/t28-/m1/s1. The first-order valence-electron chi connectivity index (χ1n) is 11.6. The van der Waals surface area contributed by atoms with Crippen molar-refractivity contribution in [3.8, 4) is 16.9 Å². The molecule has 4 aromatic rings. The number of hydrogen-bond donors (Lipinski definition) is 2. The highest BCUT2D eigenvalue weighted by Gasteiger charge is 2.32. The molecular formula is C28H26N2O5. The molecule has 0 saturated heterocycles. The fraction of sp³-hybridized carbons (Fsp3) is 0.214. The highest BCUT2D eigenvalue weighted by molar-refractivity contribution is 5.93. The molecule has 1 aliphatic rings. The molecule has 1 amide bonds. The van der Waals surface area contributed by atoms with Crippen LogP contribution >= 0.6 is 0 Å². The van der Waals surface area contributed by atoms with Crippen molar-refractivity contribution in [2.45, 2.75) is 32.2 Å². The van der Waals surface area contributed by atoms with Crippen LogP contribution in [0.2, 0.25) is 0 Å². The number of fused-ring (bicyclic) bond motifs is 1. The van der Waals surface area contributed by atoms with Crippen molar-refractivity contribution in [1.29, 1.82) is 0 Å². The Morgan fingerprint density at radius 1 is 1.09 bits per heavy atom. The molecule has 3 aromatic carbocycles. The van der Waals surface area contributed by atoms with E-state index in [1.807, 2.05) is 48.5 Å². The maximum atomic E-state index is 12.3. The molecule has 7 heteroatoms. The lowest BCUT2D eigenvalue weighted by Crippen LogP contribution is -2.31. The summed E-state index contributed by atoms with van der Waals surface area (Å²) in [6, 6.07) is 21.3. The molecule has 178 valence electrons. The second-order valence-electron chi connectivity index (χ2n) is 8.61. The molecule has 0 unspecified atom stereocenters. The molecule has 35 heavy (non-hydrogen) atoms. The van der Waals surface area contributed by atoms with Gasteiger partial charge in [-0.15, -0.1) is 0 Å². The Kier molecular flexibility index (Phi) is 6.50. The van der Waals surface area contributed by atoms with Gasteiger partial charge in [-0.2, -0.15) is 0 Å². The van der Waals surface area contributed by atoms with Crippen LogP contribution in [0.3, 0.4) is 0 Å². The molecule has 0 bridgehead atoms. The summed E-state index contributed by atoms with van der Waals surface area (Å²) >= 11 is 0. The molecule has 0 spiro atoms. The van der Waals surface area contributed by atoms with E-state index in [1.54, 1.807) is 18.4 Å². The smallest absolute Gasteiger partial charge is 0.295 e. The number of nitrogens with one attached hydrogen (secondary N) is 1. The lowest BCUT2D eigenvalue weighted by molar-refractivity contribution is -0.139. The fourth-order valence-electron chi connectivity index (χ4n) is 4.13. The number of ether oxygens (including phenoxy) is 2. The summed E-state index contributed by atoms with van der Waals surface area (Å²) in [5.41, 5.74) is 11.2. The number of rotatable bonds is 10. The van der Waals surface area contributed by atoms with Gasteiger partial charge in [0.2, 0.25) is 12.1 Å². The molecule has 1 heterocycles. The maximum absolute atomic E-state index is 12.3. The molecule has 0 aliphatic heterocycles. The van der Waals surface area contributed by atoms with Gasteiger partial charge in [0.15, 0.2) is 0 Å². The van der Waals surface area contributed by atoms with E-state index in [9.17, 15) is 9.59 Å². The van der Waals surface area contributed by atoms with Crippen LogP contribution in [0, 0.1) is 5.92 Å². The Labute approximate surface area is 202 Å². The van der Waals surface area contributed by atoms with Crippen molar-refractivity contribution in [3.63, 3.8) is 0 Å². The average molecular weight is 471 g/mol. The predicted octanol–water partition coefficient (Wildman–Crippen LogP) is 4.84. The van der Waals surface area contributed by atoms with E-state index in [0.29, 0.717) is 24.3 Å². The predicted molar refractivity (Wildman–Crippen MR) is 131 cm³/mol. The van der Waals surface area contributed by atoms with Crippen molar-refractivity contribution in [2.24, 2.45) is 11.7 Å². The normalized spacial score (nSPS) is 13.9. The van der Waals surface area contributed by atoms with Crippen molar-refractivity contribution in [2.75, 3.05) is 0 Å². The minimum absolute atomic E-state index is 0.0151. The number of nitrogens with two attached hydrogens (primary N) is 1. The van der Waals surface area contributed by atoms with Gasteiger partial charge in [-0.05, 0) is 65.9 Å². The van der Waals surface area contributed by atoms with Crippen molar-refractivity contribution in [1.82, 2.24) is 5.32 Å². The summed E-state index contributed by atoms with van der Waals surface area (Å²) < 4.78 is 17.1. The molecule has 1 saturated carbocycles. The Morgan fingerprint density at radius 3 is 2.74 bits per heavy atom. The minimum Gasteiger partial charge on any atom is -0.488 e. The van der Waals surface area contributed by atoms with Crippen molar-refractivity contribution < 1.29 is 23.5 Å². The Hall–Kier alpha value is -4.10. The third-order valence-electron chi connectivity index (χ3n) is 6.09. The lowest BCUT2D eigenvalue weighted by atomic mass is 9.99. The van der Waals surface area contributed by atoms with Crippen molar-refractivity contribution >= 4 is 23.3 Å². The van der Waals surface area contributed by atoms with Crippen LogP contribution in [-0.4, -0.2) is 12.4 Å². The van der Waals surface area contributed by atoms with Gasteiger partial charge in [0.05, 0.1) is 11.8 Å². The van der Waals surface area contributed by atoms with Crippen LogP contribution in [0.1, 0.15) is 35.8 Å². The zero-order valence-electron chi connectivity index (χ0n) is 19.1. The monoisotopic (exact) mass is 470 g/mol. The van der Waals surface area contributed by atoms with E-state index in [2.05, 4.69) is 11.4 Å². The van der Waals surface area contributed by atoms with Gasteiger partial charge in [0.1, 0.15) is 17.9 Å². The topological polar surface area (TPSA) is 104 Å². The number of amides is 1. The van der Waals surface area contributed by atoms with Crippen molar-refractivity contribution in [3.05, 3.63) is 89.7 Å². The van der Waals surface area contributed by atoms with Crippen LogP contribution in [-0.2, 0) is 27.5 Å². The zero-order valence-corrected chi connectivity index (χ0v) is 19.1. The van der Waals surface area contributed by atoms with Crippen LogP contribution in [0.15, 0.2) is 77.4 Å². The van der Waals surface area contributed by atoms with Gasteiger partial charge in [-0.3, -0.25) is 9.59 Å². The second-order valence-corrected chi connectivity index (χ2v) is 8.61. The van der Waals surface area contributed by atoms with Gasteiger partial charge in [-0.1, -0.05) is 30.3 Å². The molecule has 5 rings (SSSR count). The van der Waals surface area contributed by atoms with Gasteiger partial charge in [0, 0.05) is 23.4 Å². The second kappa shape index (κ2) is 10.0. The summed E-state index contributed by atoms with van der Waals surface area (Å²) in [4.78, 5) is 23.4. The summed E-state index contributed by atoms with van der Waals surface area (Å²) in [6.07, 6.45) is 2.46. The Morgan fingerprint density at radius 2 is 1.94 bits per heavy atom. The molecule has 3 N–H and O–H groups in total. The van der Waals surface area contributed by atoms with Gasteiger partial charge in [0.25, 0.3) is 6.47 Å². The van der Waals surface area contributed by atoms with E-state index in [0.717, 1.165) is 46.1 Å². The zero-order chi connectivity index (χ0) is 24.2. The summed E-state index contributed by atoms with van der Waals surface area (Å²) in [6.45, 7) is 1.06. The highest BCUT2D eigenvalue weighted by Crippen LogP contribution is 2.34. The number of carbonyl (C=O) groups is 2. The van der Waals surface area contributed by atoms with Gasteiger partial charge >= 0.3 is 0 Å². The first-order valence-corrected chi connectivity index (χ1v) is 11.6. The molecule has 1 aromatic heterocycles. The van der Waals surface area contributed by atoms with E-state index >= 15 is 0 Å². The van der Waals surface area contributed by atoms with Crippen LogP contribution in [0.4, 0.5) is 0 Å². The first-order chi connectivity index (χ1) is 17.2. The third kappa shape index (κ3) is 5.05. The quantitative estimate of drug-likeness (QED) is 0.254. The number of hydrogen-bond acceptors (Lipinski definition) is 6. The largest absolute Gasteiger partial charge is 0.488 e.